The van der Waals surface area contributed by atoms with E-state index in [0.717, 1.165) is 16.9 Å². The lowest BCUT2D eigenvalue weighted by atomic mass is 9.90. The van der Waals surface area contributed by atoms with Gasteiger partial charge in [0.25, 0.3) is 0 Å². The number of halogens is 1. The third-order valence-corrected chi connectivity index (χ3v) is 6.78. The van der Waals surface area contributed by atoms with Gasteiger partial charge in [0.15, 0.2) is 0 Å². The first kappa shape index (κ1) is 22.3. The van der Waals surface area contributed by atoms with Crippen LogP contribution in [0.5, 0.6) is 0 Å². The highest BCUT2D eigenvalue weighted by atomic mass is 35.5. The van der Waals surface area contributed by atoms with Crippen LogP contribution in [0.25, 0.3) is 0 Å². The van der Waals surface area contributed by atoms with Gasteiger partial charge in [0, 0.05) is 28.4 Å². The standard InChI is InChI=1S/C25H21ClN6OS/c1-16-21(23(33)29-18-10-3-2-4-11-18)22(20-13-7-8-14-27-20)32-24(28-16)30-25(31-32)34-15-17-9-5-6-12-19(17)26/h2-14,21-22H,15H2,1H3,(H,29,33). The lowest BCUT2D eigenvalue weighted by Gasteiger charge is -2.29. The third kappa shape index (κ3) is 4.60. The van der Waals surface area contributed by atoms with Crippen molar-refractivity contribution in [1.82, 2.24) is 19.7 Å². The fraction of sp³-hybridized carbons (Fsp3) is 0.160. The topological polar surface area (TPSA) is 85.1 Å². The molecular formula is C25H21ClN6OS. The van der Waals surface area contributed by atoms with Gasteiger partial charge in [0.1, 0.15) is 12.0 Å². The Labute approximate surface area is 206 Å². The molecule has 0 bridgehead atoms. The zero-order valence-corrected chi connectivity index (χ0v) is 19.9. The first-order valence-electron chi connectivity index (χ1n) is 10.7. The Morgan fingerprint density at radius 2 is 1.82 bits per heavy atom. The van der Waals surface area contributed by atoms with Crippen molar-refractivity contribution in [3.63, 3.8) is 0 Å². The van der Waals surface area contributed by atoms with Crippen LogP contribution in [0.1, 0.15) is 24.2 Å². The highest BCUT2D eigenvalue weighted by molar-refractivity contribution is 7.98. The molecule has 170 valence electrons. The van der Waals surface area contributed by atoms with Crippen LogP contribution in [-0.4, -0.2) is 31.4 Å². The molecule has 1 amide bonds. The monoisotopic (exact) mass is 488 g/mol. The number of rotatable bonds is 6. The van der Waals surface area contributed by atoms with Gasteiger partial charge >= 0.3 is 0 Å². The van der Waals surface area contributed by atoms with E-state index in [1.165, 1.54) is 11.8 Å². The Balaban J connectivity index is 1.48. The second kappa shape index (κ2) is 9.79. The van der Waals surface area contributed by atoms with Crippen LogP contribution in [0, 0.1) is 5.92 Å². The molecule has 0 saturated carbocycles. The van der Waals surface area contributed by atoms with Gasteiger partial charge in [-0.3, -0.25) is 9.78 Å². The van der Waals surface area contributed by atoms with E-state index in [0.29, 0.717) is 27.6 Å². The molecule has 0 fully saturated rings. The molecule has 3 heterocycles. The van der Waals surface area contributed by atoms with Crippen LogP contribution in [-0.2, 0) is 10.5 Å². The maximum atomic E-state index is 13.4. The molecule has 1 N–H and O–H groups in total. The summed E-state index contributed by atoms with van der Waals surface area (Å²) in [5, 5.41) is 9.00. The van der Waals surface area contributed by atoms with Gasteiger partial charge < -0.3 is 5.32 Å². The van der Waals surface area contributed by atoms with Gasteiger partial charge in [-0.05, 0) is 42.8 Å². The number of hydrogen-bond donors (Lipinski definition) is 1. The van der Waals surface area contributed by atoms with E-state index in [4.69, 9.17) is 16.7 Å². The summed E-state index contributed by atoms with van der Waals surface area (Å²) in [5.41, 5.74) is 3.11. The van der Waals surface area contributed by atoms with Crippen molar-refractivity contribution >= 4 is 46.6 Å². The quantitative estimate of drug-likeness (QED) is 0.359. The molecule has 2 aromatic carbocycles. The molecule has 2 aromatic heterocycles. The number of nitrogens with one attached hydrogen (secondary N) is 1. The van der Waals surface area contributed by atoms with Crippen LogP contribution in [0.4, 0.5) is 11.6 Å². The average molecular weight is 489 g/mol. The van der Waals surface area contributed by atoms with Crippen molar-refractivity contribution in [2.24, 2.45) is 10.9 Å². The number of thioether (sulfide) groups is 1. The molecule has 1 aliphatic rings. The Bertz CT molecular complexity index is 1340. The van der Waals surface area contributed by atoms with E-state index in [1.54, 1.807) is 10.9 Å². The third-order valence-electron chi connectivity index (χ3n) is 5.53. The number of pyridine rings is 1. The average Bonchev–Trinajstić information content (AvgIpc) is 3.26. The van der Waals surface area contributed by atoms with Gasteiger partial charge in [-0.25, -0.2) is 9.67 Å². The van der Waals surface area contributed by atoms with Crippen LogP contribution >= 0.6 is 23.4 Å². The molecular weight excluding hydrogens is 468 g/mol. The van der Waals surface area contributed by atoms with Crippen molar-refractivity contribution in [2.45, 2.75) is 23.9 Å². The lowest BCUT2D eigenvalue weighted by Crippen LogP contribution is -2.39. The predicted molar refractivity (Wildman–Crippen MR) is 135 cm³/mol. The number of aromatic nitrogens is 4. The summed E-state index contributed by atoms with van der Waals surface area (Å²) in [7, 11) is 0. The Hall–Kier alpha value is -3.49. The molecule has 5 rings (SSSR count). The van der Waals surface area contributed by atoms with Crippen molar-refractivity contribution in [3.05, 3.63) is 95.3 Å². The SMILES string of the molecule is CC1=Nc2nc(SCc3ccccc3Cl)nn2C(c2ccccn2)C1C(=O)Nc1ccccc1. The van der Waals surface area contributed by atoms with Crippen LogP contribution < -0.4 is 5.32 Å². The maximum absolute atomic E-state index is 13.4. The highest BCUT2D eigenvalue weighted by Gasteiger charge is 2.40. The number of para-hydroxylation sites is 1. The number of amides is 1. The number of carbonyl (C=O) groups excluding carboxylic acids is 1. The van der Waals surface area contributed by atoms with E-state index in [-0.39, 0.29) is 5.91 Å². The summed E-state index contributed by atoms with van der Waals surface area (Å²) < 4.78 is 1.71. The van der Waals surface area contributed by atoms with Crippen molar-refractivity contribution in [1.29, 1.82) is 0 Å². The molecule has 0 aliphatic carbocycles. The second-order valence-corrected chi connectivity index (χ2v) is 9.15. The molecule has 0 saturated heterocycles. The Morgan fingerprint density at radius 3 is 2.59 bits per heavy atom. The summed E-state index contributed by atoms with van der Waals surface area (Å²) in [6.45, 7) is 1.85. The predicted octanol–water partition coefficient (Wildman–Crippen LogP) is 5.57. The fourth-order valence-corrected chi connectivity index (χ4v) is 5.01. The largest absolute Gasteiger partial charge is 0.325 e. The molecule has 0 radical (unpaired) electrons. The normalized spacial score (nSPS) is 17.1. The van der Waals surface area contributed by atoms with Gasteiger partial charge in [0.2, 0.25) is 17.0 Å². The molecule has 2 unspecified atom stereocenters. The van der Waals surface area contributed by atoms with E-state index >= 15 is 0 Å². The summed E-state index contributed by atoms with van der Waals surface area (Å²) in [5.74, 6) is 0.316. The summed E-state index contributed by atoms with van der Waals surface area (Å²) >= 11 is 7.77. The van der Waals surface area contributed by atoms with E-state index in [1.807, 2.05) is 79.7 Å². The molecule has 7 nitrogen and oxygen atoms in total. The lowest BCUT2D eigenvalue weighted by molar-refractivity contribution is -0.118. The van der Waals surface area contributed by atoms with Gasteiger partial charge in [-0.15, -0.1) is 5.10 Å². The van der Waals surface area contributed by atoms with Gasteiger partial charge in [-0.2, -0.15) is 4.98 Å². The minimum absolute atomic E-state index is 0.172. The summed E-state index contributed by atoms with van der Waals surface area (Å²) in [6, 6.07) is 22.2. The minimum Gasteiger partial charge on any atom is -0.325 e. The molecule has 34 heavy (non-hydrogen) atoms. The zero-order chi connectivity index (χ0) is 23.5. The summed E-state index contributed by atoms with van der Waals surface area (Å²) in [6.07, 6.45) is 1.71. The number of nitrogens with zero attached hydrogens (tertiary/aromatic N) is 5. The van der Waals surface area contributed by atoms with Crippen LogP contribution in [0.2, 0.25) is 5.02 Å². The highest BCUT2D eigenvalue weighted by Crippen LogP contribution is 2.37. The molecule has 9 heteroatoms. The van der Waals surface area contributed by atoms with Gasteiger partial charge in [-0.1, -0.05) is 65.8 Å². The first-order valence-corrected chi connectivity index (χ1v) is 12.1. The number of hydrogen-bond acceptors (Lipinski definition) is 6. The molecule has 1 aliphatic heterocycles. The summed E-state index contributed by atoms with van der Waals surface area (Å²) in [4.78, 5) is 27.2. The molecule has 4 aromatic rings. The number of benzene rings is 2. The molecule has 0 spiro atoms. The Kier molecular flexibility index (Phi) is 6.42. The number of anilines is 1. The van der Waals surface area contributed by atoms with Crippen LogP contribution in [0.3, 0.4) is 0 Å². The van der Waals surface area contributed by atoms with E-state index in [2.05, 4.69) is 20.3 Å². The smallest absolute Gasteiger partial charge is 0.249 e. The number of aliphatic imine (C=N–C) groups is 1. The van der Waals surface area contributed by atoms with Crippen LogP contribution in [0.15, 0.2) is 89.1 Å². The van der Waals surface area contributed by atoms with Crippen molar-refractivity contribution < 1.29 is 4.79 Å². The maximum Gasteiger partial charge on any atom is 0.249 e. The second-order valence-electron chi connectivity index (χ2n) is 7.80. The van der Waals surface area contributed by atoms with Gasteiger partial charge in [0.05, 0.1) is 5.69 Å². The number of fused-ring (bicyclic) bond motifs is 1. The van der Waals surface area contributed by atoms with Crippen molar-refractivity contribution in [3.8, 4) is 0 Å². The number of carbonyl (C=O) groups is 1. The van der Waals surface area contributed by atoms with Crippen molar-refractivity contribution in [2.75, 3.05) is 5.32 Å². The minimum atomic E-state index is -0.592. The molecule has 2 atom stereocenters. The van der Waals surface area contributed by atoms with E-state index < -0.39 is 12.0 Å². The first-order chi connectivity index (χ1) is 16.6. The zero-order valence-electron chi connectivity index (χ0n) is 18.3. The Morgan fingerprint density at radius 1 is 1.06 bits per heavy atom. The fourth-order valence-electron chi connectivity index (χ4n) is 3.90. The van der Waals surface area contributed by atoms with E-state index in [9.17, 15) is 4.79 Å².